The molecule has 1 heterocycles. The molecular formula is C12H16O4S. The summed E-state index contributed by atoms with van der Waals surface area (Å²) in [6.07, 6.45) is 3.49. The van der Waals surface area contributed by atoms with Gasteiger partial charge in [0.1, 0.15) is 12.4 Å². The lowest BCUT2D eigenvalue weighted by molar-refractivity contribution is 0.00108. The fraction of sp³-hybridized carbons (Fsp3) is 0.583. The highest BCUT2D eigenvalue weighted by Crippen LogP contribution is 2.33. The highest BCUT2D eigenvalue weighted by molar-refractivity contribution is 7.14. The van der Waals surface area contributed by atoms with Gasteiger partial charge in [0.2, 0.25) is 0 Å². The van der Waals surface area contributed by atoms with E-state index < -0.39 is 11.6 Å². The van der Waals surface area contributed by atoms with E-state index in [0.29, 0.717) is 5.75 Å². The fourth-order valence-corrected chi connectivity index (χ4v) is 2.93. The first-order valence-electron chi connectivity index (χ1n) is 5.69. The molecular weight excluding hydrogens is 240 g/mol. The van der Waals surface area contributed by atoms with Gasteiger partial charge in [-0.3, -0.25) is 0 Å². The lowest BCUT2D eigenvalue weighted by atomic mass is 10.0. The van der Waals surface area contributed by atoms with Gasteiger partial charge in [0.25, 0.3) is 0 Å². The molecule has 1 aliphatic rings. The zero-order chi connectivity index (χ0) is 12.5. The number of carboxylic acids is 1. The number of carbonyl (C=O) groups is 1. The lowest BCUT2D eigenvalue weighted by Gasteiger charge is -2.21. The topological polar surface area (TPSA) is 66.8 Å². The van der Waals surface area contributed by atoms with Crippen LogP contribution in [0.2, 0.25) is 0 Å². The molecule has 1 aromatic heterocycles. The summed E-state index contributed by atoms with van der Waals surface area (Å²) in [6.45, 7) is 2.03. The van der Waals surface area contributed by atoms with Crippen LogP contribution in [0.4, 0.5) is 0 Å². The van der Waals surface area contributed by atoms with Gasteiger partial charge in [0.15, 0.2) is 4.88 Å². The predicted molar refractivity (Wildman–Crippen MR) is 64.9 cm³/mol. The highest BCUT2D eigenvalue weighted by atomic mass is 32.1. The first-order valence-corrected chi connectivity index (χ1v) is 6.51. The Balaban J connectivity index is 2.05. The van der Waals surface area contributed by atoms with Crippen LogP contribution in [0, 0.1) is 6.92 Å². The SMILES string of the molecule is Cc1cc(OCC2(O)CCCC2)c(C(=O)O)s1. The minimum absolute atomic E-state index is 0.184. The zero-order valence-electron chi connectivity index (χ0n) is 9.73. The third-order valence-electron chi connectivity index (χ3n) is 3.05. The molecule has 5 heteroatoms. The smallest absolute Gasteiger partial charge is 0.349 e. The summed E-state index contributed by atoms with van der Waals surface area (Å²) < 4.78 is 5.49. The summed E-state index contributed by atoms with van der Waals surface area (Å²) in [5.41, 5.74) is -0.772. The maximum Gasteiger partial charge on any atom is 0.349 e. The van der Waals surface area contributed by atoms with Crippen LogP contribution in [0.25, 0.3) is 0 Å². The van der Waals surface area contributed by atoms with Crippen LogP contribution >= 0.6 is 11.3 Å². The largest absolute Gasteiger partial charge is 0.489 e. The number of hydrogen-bond acceptors (Lipinski definition) is 4. The van der Waals surface area contributed by atoms with Crippen molar-refractivity contribution in [1.82, 2.24) is 0 Å². The molecule has 0 spiro atoms. The van der Waals surface area contributed by atoms with Gasteiger partial charge in [-0.2, -0.15) is 0 Å². The van der Waals surface area contributed by atoms with Crippen LogP contribution in [0.3, 0.4) is 0 Å². The standard InChI is InChI=1S/C12H16O4S/c1-8-6-9(10(17-8)11(13)14)16-7-12(15)4-2-3-5-12/h6,15H,2-5,7H2,1H3,(H,13,14). The van der Waals surface area contributed by atoms with E-state index in [9.17, 15) is 9.90 Å². The van der Waals surface area contributed by atoms with E-state index in [1.54, 1.807) is 6.07 Å². The van der Waals surface area contributed by atoms with E-state index in [1.165, 1.54) is 11.3 Å². The molecule has 2 rings (SSSR count). The van der Waals surface area contributed by atoms with Crippen LogP contribution in [0.15, 0.2) is 6.07 Å². The molecule has 2 N–H and O–H groups in total. The molecule has 0 aliphatic heterocycles. The number of aromatic carboxylic acids is 1. The number of ether oxygens (including phenoxy) is 1. The molecule has 17 heavy (non-hydrogen) atoms. The number of aliphatic hydroxyl groups is 1. The van der Waals surface area contributed by atoms with Crippen molar-refractivity contribution in [3.05, 3.63) is 15.8 Å². The third-order valence-corrected chi connectivity index (χ3v) is 4.07. The van der Waals surface area contributed by atoms with Gasteiger partial charge in [-0.1, -0.05) is 12.8 Å². The number of hydrogen-bond donors (Lipinski definition) is 2. The van der Waals surface area contributed by atoms with E-state index in [2.05, 4.69) is 0 Å². The molecule has 94 valence electrons. The number of aryl methyl sites for hydroxylation is 1. The maximum atomic E-state index is 11.0. The Labute approximate surface area is 104 Å². The van der Waals surface area contributed by atoms with Gasteiger partial charge in [0, 0.05) is 4.88 Å². The third kappa shape index (κ3) is 2.79. The van der Waals surface area contributed by atoms with Crippen molar-refractivity contribution in [2.75, 3.05) is 6.61 Å². The molecule has 0 bridgehead atoms. The Morgan fingerprint density at radius 3 is 2.76 bits per heavy atom. The fourth-order valence-electron chi connectivity index (χ4n) is 2.14. The molecule has 0 radical (unpaired) electrons. The molecule has 1 aromatic rings. The molecule has 1 fully saturated rings. The second-order valence-electron chi connectivity index (χ2n) is 4.58. The Morgan fingerprint density at radius 2 is 2.18 bits per heavy atom. The summed E-state index contributed by atoms with van der Waals surface area (Å²) in [6, 6.07) is 1.71. The number of rotatable bonds is 4. The van der Waals surface area contributed by atoms with Crippen molar-refractivity contribution in [2.24, 2.45) is 0 Å². The van der Waals surface area contributed by atoms with Crippen LogP contribution in [0.5, 0.6) is 5.75 Å². The number of thiophene rings is 1. The summed E-state index contributed by atoms with van der Waals surface area (Å²) in [5.74, 6) is -0.600. The minimum atomic E-state index is -0.975. The van der Waals surface area contributed by atoms with Gasteiger partial charge in [-0.15, -0.1) is 11.3 Å². The first kappa shape index (κ1) is 12.4. The highest BCUT2D eigenvalue weighted by Gasteiger charge is 2.32. The molecule has 0 unspecified atom stereocenters. The summed E-state index contributed by atoms with van der Waals surface area (Å²) in [5, 5.41) is 19.1. The van der Waals surface area contributed by atoms with Gasteiger partial charge in [-0.05, 0) is 25.8 Å². The predicted octanol–water partition coefficient (Wildman–Crippen LogP) is 2.44. The van der Waals surface area contributed by atoms with Crippen molar-refractivity contribution >= 4 is 17.3 Å². The van der Waals surface area contributed by atoms with Crippen LogP contribution in [0.1, 0.15) is 40.2 Å². The normalized spacial score (nSPS) is 18.2. The molecule has 1 saturated carbocycles. The molecule has 1 aliphatic carbocycles. The Morgan fingerprint density at radius 1 is 1.53 bits per heavy atom. The van der Waals surface area contributed by atoms with Gasteiger partial charge < -0.3 is 14.9 Å². The molecule has 0 atom stereocenters. The van der Waals surface area contributed by atoms with Gasteiger partial charge >= 0.3 is 5.97 Å². The van der Waals surface area contributed by atoms with Crippen molar-refractivity contribution in [3.8, 4) is 5.75 Å². The summed E-state index contributed by atoms with van der Waals surface area (Å²) >= 11 is 1.20. The molecule has 4 nitrogen and oxygen atoms in total. The van der Waals surface area contributed by atoms with Crippen LogP contribution in [-0.2, 0) is 0 Å². The Bertz CT molecular complexity index is 418. The van der Waals surface area contributed by atoms with Gasteiger partial charge in [-0.25, -0.2) is 4.79 Å². The van der Waals surface area contributed by atoms with Gasteiger partial charge in [0.05, 0.1) is 5.60 Å². The molecule has 0 amide bonds. The minimum Gasteiger partial charge on any atom is -0.489 e. The maximum absolute atomic E-state index is 11.0. The summed E-state index contributed by atoms with van der Waals surface area (Å²) in [7, 11) is 0. The number of carboxylic acid groups (broad SMARTS) is 1. The Hall–Kier alpha value is -1.07. The van der Waals surface area contributed by atoms with Crippen molar-refractivity contribution in [2.45, 2.75) is 38.2 Å². The van der Waals surface area contributed by atoms with E-state index in [0.717, 1.165) is 30.6 Å². The zero-order valence-corrected chi connectivity index (χ0v) is 10.5. The summed E-state index contributed by atoms with van der Waals surface area (Å²) in [4.78, 5) is 12.1. The average molecular weight is 256 g/mol. The van der Waals surface area contributed by atoms with E-state index in [4.69, 9.17) is 9.84 Å². The van der Waals surface area contributed by atoms with Crippen molar-refractivity contribution in [3.63, 3.8) is 0 Å². The monoisotopic (exact) mass is 256 g/mol. The second kappa shape index (κ2) is 4.66. The average Bonchev–Trinajstić information content (AvgIpc) is 2.83. The quantitative estimate of drug-likeness (QED) is 0.868. The molecule has 0 saturated heterocycles. The van der Waals surface area contributed by atoms with Crippen LogP contribution in [-0.4, -0.2) is 28.4 Å². The van der Waals surface area contributed by atoms with Crippen molar-refractivity contribution < 1.29 is 19.7 Å². The van der Waals surface area contributed by atoms with Crippen molar-refractivity contribution in [1.29, 1.82) is 0 Å². The molecule has 0 aromatic carbocycles. The van der Waals surface area contributed by atoms with E-state index in [1.807, 2.05) is 6.92 Å². The first-order chi connectivity index (χ1) is 8.00. The second-order valence-corrected chi connectivity index (χ2v) is 5.83. The van der Waals surface area contributed by atoms with Crippen LogP contribution < -0.4 is 4.74 Å². The van der Waals surface area contributed by atoms with E-state index >= 15 is 0 Å². The van der Waals surface area contributed by atoms with E-state index in [-0.39, 0.29) is 11.5 Å². The Kier molecular flexibility index (Phi) is 3.40. The lowest BCUT2D eigenvalue weighted by Crippen LogP contribution is -2.32.